The number of sulfonamides is 1. The molecule has 1 aliphatic rings. The molecule has 0 aromatic heterocycles. The lowest BCUT2D eigenvalue weighted by Gasteiger charge is -2.36. The summed E-state index contributed by atoms with van der Waals surface area (Å²) in [5, 5.41) is 3.47. The van der Waals surface area contributed by atoms with Crippen molar-refractivity contribution in [3.8, 4) is 0 Å². The first-order chi connectivity index (χ1) is 14.8. The van der Waals surface area contributed by atoms with Gasteiger partial charge in [-0.2, -0.15) is 0 Å². The van der Waals surface area contributed by atoms with E-state index in [1.807, 2.05) is 24.3 Å². The molecule has 7 nitrogen and oxygen atoms in total. The molecule has 0 atom stereocenters. The van der Waals surface area contributed by atoms with Crippen LogP contribution in [-0.2, 0) is 14.8 Å². The van der Waals surface area contributed by atoms with Gasteiger partial charge in [-0.15, -0.1) is 0 Å². The maximum absolute atomic E-state index is 12.7. The van der Waals surface area contributed by atoms with Crippen molar-refractivity contribution < 1.29 is 13.2 Å². The Labute approximate surface area is 189 Å². The average molecular weight is 465 g/mol. The monoisotopic (exact) mass is 464 g/mol. The molecule has 1 heterocycles. The molecule has 2 aromatic carbocycles. The second-order valence-electron chi connectivity index (χ2n) is 7.58. The average Bonchev–Trinajstić information content (AvgIpc) is 2.74. The summed E-state index contributed by atoms with van der Waals surface area (Å²) in [6, 6.07) is 12.7. The van der Waals surface area contributed by atoms with Crippen LogP contribution in [0.2, 0.25) is 5.02 Å². The van der Waals surface area contributed by atoms with Gasteiger partial charge in [0.15, 0.2) is 0 Å². The van der Waals surface area contributed by atoms with Gasteiger partial charge in [-0.05, 0) is 55.0 Å². The van der Waals surface area contributed by atoms with Crippen LogP contribution in [0.25, 0.3) is 0 Å². The molecule has 31 heavy (non-hydrogen) atoms. The van der Waals surface area contributed by atoms with E-state index in [1.54, 1.807) is 26.0 Å². The van der Waals surface area contributed by atoms with E-state index in [1.165, 1.54) is 6.07 Å². The van der Waals surface area contributed by atoms with Crippen molar-refractivity contribution in [1.29, 1.82) is 0 Å². The Hall–Kier alpha value is -2.13. The largest absolute Gasteiger partial charge is 0.369 e. The summed E-state index contributed by atoms with van der Waals surface area (Å²) in [5.74, 6) is -0.107. The van der Waals surface area contributed by atoms with Crippen LogP contribution >= 0.6 is 11.6 Å². The summed E-state index contributed by atoms with van der Waals surface area (Å²) >= 11 is 5.96. The van der Waals surface area contributed by atoms with Gasteiger partial charge in [-0.3, -0.25) is 9.69 Å². The molecule has 1 fully saturated rings. The molecule has 0 unspecified atom stereocenters. The Morgan fingerprint density at radius 1 is 1.06 bits per heavy atom. The quantitative estimate of drug-likeness (QED) is 0.627. The number of halogens is 1. The van der Waals surface area contributed by atoms with E-state index in [4.69, 9.17) is 11.6 Å². The molecule has 1 saturated heterocycles. The van der Waals surface area contributed by atoms with Crippen LogP contribution in [0.4, 0.5) is 11.4 Å². The number of hydrogen-bond acceptors (Lipinski definition) is 5. The number of benzene rings is 2. The molecular weight excluding hydrogens is 436 g/mol. The van der Waals surface area contributed by atoms with E-state index in [0.29, 0.717) is 30.8 Å². The fourth-order valence-corrected chi connectivity index (χ4v) is 4.95. The highest BCUT2D eigenvalue weighted by Crippen LogP contribution is 2.21. The normalized spacial score (nSPS) is 15.1. The number of aryl methyl sites for hydroxylation is 1. The number of rotatable bonds is 8. The Kier molecular flexibility index (Phi) is 7.94. The third-order valence-electron chi connectivity index (χ3n) is 5.35. The van der Waals surface area contributed by atoms with Crippen LogP contribution in [-0.4, -0.2) is 58.5 Å². The van der Waals surface area contributed by atoms with Crippen molar-refractivity contribution >= 4 is 38.9 Å². The molecule has 0 saturated carbocycles. The number of amides is 1. The van der Waals surface area contributed by atoms with Crippen molar-refractivity contribution in [2.45, 2.75) is 25.2 Å². The number of nitrogens with one attached hydrogen (secondary N) is 2. The Balaban J connectivity index is 1.49. The first-order valence-electron chi connectivity index (χ1n) is 10.4. The van der Waals surface area contributed by atoms with E-state index in [-0.39, 0.29) is 10.8 Å². The SMILES string of the molecule is CCC(=O)Nc1ccc(S(=O)(=O)NCCN2CCN(c3ccc(Cl)cc3)CC2)c(C)c1. The van der Waals surface area contributed by atoms with Gasteiger partial charge in [0.25, 0.3) is 0 Å². The molecule has 0 bridgehead atoms. The molecule has 9 heteroatoms. The van der Waals surface area contributed by atoms with Crippen molar-refractivity contribution in [3.63, 3.8) is 0 Å². The minimum Gasteiger partial charge on any atom is -0.369 e. The zero-order valence-corrected chi connectivity index (χ0v) is 19.5. The summed E-state index contributed by atoms with van der Waals surface area (Å²) < 4.78 is 28.1. The predicted molar refractivity (Wildman–Crippen MR) is 125 cm³/mol. The van der Waals surface area contributed by atoms with Gasteiger partial charge in [0, 0.05) is 62.1 Å². The second-order valence-corrected chi connectivity index (χ2v) is 9.76. The van der Waals surface area contributed by atoms with Gasteiger partial charge < -0.3 is 10.2 Å². The number of carbonyl (C=O) groups excluding carboxylic acids is 1. The van der Waals surface area contributed by atoms with Crippen molar-refractivity contribution in [1.82, 2.24) is 9.62 Å². The van der Waals surface area contributed by atoms with Crippen molar-refractivity contribution in [3.05, 3.63) is 53.1 Å². The molecule has 2 aromatic rings. The number of hydrogen-bond donors (Lipinski definition) is 2. The minimum atomic E-state index is -3.61. The van der Waals surface area contributed by atoms with Crippen LogP contribution in [0.1, 0.15) is 18.9 Å². The maximum atomic E-state index is 12.7. The van der Waals surface area contributed by atoms with Crippen LogP contribution in [0.15, 0.2) is 47.4 Å². The standard InChI is InChI=1S/C22H29ClN4O3S/c1-3-22(28)25-19-6-9-21(17(2)16-19)31(29,30)24-10-11-26-12-14-27(15-13-26)20-7-4-18(23)5-8-20/h4-9,16,24H,3,10-15H2,1-2H3,(H,25,28). The molecular formula is C22H29ClN4O3S. The molecule has 1 aliphatic heterocycles. The molecule has 168 valence electrons. The van der Waals surface area contributed by atoms with Gasteiger partial charge in [-0.25, -0.2) is 13.1 Å². The zero-order chi connectivity index (χ0) is 22.4. The van der Waals surface area contributed by atoms with E-state index in [9.17, 15) is 13.2 Å². The zero-order valence-electron chi connectivity index (χ0n) is 17.9. The van der Waals surface area contributed by atoms with E-state index in [0.717, 1.165) is 36.9 Å². The van der Waals surface area contributed by atoms with Gasteiger partial charge in [0.1, 0.15) is 0 Å². The number of nitrogens with zero attached hydrogens (tertiary/aromatic N) is 2. The lowest BCUT2D eigenvalue weighted by atomic mass is 10.2. The van der Waals surface area contributed by atoms with Crippen molar-refractivity contribution in [2.75, 3.05) is 49.5 Å². The molecule has 0 radical (unpaired) electrons. The lowest BCUT2D eigenvalue weighted by Crippen LogP contribution is -2.48. The highest BCUT2D eigenvalue weighted by atomic mass is 35.5. The fraction of sp³-hybridized carbons (Fsp3) is 0.409. The van der Waals surface area contributed by atoms with E-state index < -0.39 is 10.0 Å². The van der Waals surface area contributed by atoms with E-state index >= 15 is 0 Å². The van der Waals surface area contributed by atoms with Gasteiger partial charge in [0.05, 0.1) is 4.90 Å². The van der Waals surface area contributed by atoms with Crippen LogP contribution in [0.3, 0.4) is 0 Å². The van der Waals surface area contributed by atoms with Crippen LogP contribution in [0.5, 0.6) is 0 Å². The summed E-state index contributed by atoms with van der Waals surface area (Å²) in [4.78, 5) is 16.3. The topological polar surface area (TPSA) is 81.7 Å². The minimum absolute atomic E-state index is 0.107. The molecule has 1 amide bonds. The second kappa shape index (κ2) is 10.5. The van der Waals surface area contributed by atoms with Crippen molar-refractivity contribution in [2.24, 2.45) is 0 Å². The molecule has 0 aliphatic carbocycles. The Morgan fingerprint density at radius 2 is 1.74 bits per heavy atom. The molecule has 0 spiro atoms. The van der Waals surface area contributed by atoms with Crippen LogP contribution < -0.4 is 14.9 Å². The summed E-state index contributed by atoms with van der Waals surface area (Å²) in [7, 11) is -3.61. The van der Waals surface area contributed by atoms with Gasteiger partial charge in [-0.1, -0.05) is 18.5 Å². The predicted octanol–water partition coefficient (Wildman–Crippen LogP) is 3.10. The smallest absolute Gasteiger partial charge is 0.240 e. The highest BCUT2D eigenvalue weighted by Gasteiger charge is 2.20. The van der Waals surface area contributed by atoms with E-state index in [2.05, 4.69) is 19.8 Å². The first kappa shape index (κ1) is 23.5. The summed E-state index contributed by atoms with van der Waals surface area (Å²) in [5.41, 5.74) is 2.35. The Morgan fingerprint density at radius 3 is 2.35 bits per heavy atom. The highest BCUT2D eigenvalue weighted by molar-refractivity contribution is 7.89. The number of piperazine rings is 1. The third kappa shape index (κ3) is 6.43. The lowest BCUT2D eigenvalue weighted by molar-refractivity contribution is -0.115. The Bertz CT molecular complexity index is 1000. The molecule has 2 N–H and O–H groups in total. The number of anilines is 2. The maximum Gasteiger partial charge on any atom is 0.240 e. The van der Waals surface area contributed by atoms with Gasteiger partial charge >= 0.3 is 0 Å². The molecule has 3 rings (SSSR count). The first-order valence-corrected chi connectivity index (χ1v) is 12.3. The fourth-order valence-electron chi connectivity index (χ4n) is 3.58. The van der Waals surface area contributed by atoms with Gasteiger partial charge in [0.2, 0.25) is 15.9 Å². The van der Waals surface area contributed by atoms with Crippen LogP contribution in [0, 0.1) is 6.92 Å². The summed E-state index contributed by atoms with van der Waals surface area (Å²) in [6.45, 7) is 8.00. The number of carbonyl (C=O) groups is 1. The summed E-state index contributed by atoms with van der Waals surface area (Å²) in [6.07, 6.45) is 0.370. The third-order valence-corrected chi connectivity index (χ3v) is 7.23.